The first-order chi connectivity index (χ1) is 12.0. The van der Waals surface area contributed by atoms with E-state index in [2.05, 4.69) is 52.8 Å². The normalized spacial score (nSPS) is 15.6. The number of anilines is 1. The van der Waals surface area contributed by atoms with Crippen LogP contribution >= 0.6 is 24.0 Å². The highest BCUT2D eigenvalue weighted by Crippen LogP contribution is 2.21. The van der Waals surface area contributed by atoms with E-state index >= 15 is 0 Å². The number of halogens is 1. The summed E-state index contributed by atoms with van der Waals surface area (Å²) in [6, 6.07) is 1.86. The lowest BCUT2D eigenvalue weighted by Crippen LogP contribution is -2.53. The molecule has 1 fully saturated rings. The minimum atomic E-state index is 0. The van der Waals surface area contributed by atoms with Crippen molar-refractivity contribution < 1.29 is 0 Å². The Balaban J connectivity index is 0.00000338. The smallest absolute Gasteiger partial charge is 0.225 e. The van der Waals surface area contributed by atoms with Gasteiger partial charge < -0.3 is 15.1 Å². The molecule has 0 aromatic carbocycles. The molecule has 1 aliphatic heterocycles. The highest BCUT2D eigenvalue weighted by molar-refractivity contribution is 14.0. The summed E-state index contributed by atoms with van der Waals surface area (Å²) in [5, 5.41) is 3.44. The summed E-state index contributed by atoms with van der Waals surface area (Å²) in [4.78, 5) is 18.1. The van der Waals surface area contributed by atoms with Crippen LogP contribution in [0.25, 0.3) is 0 Å². The van der Waals surface area contributed by atoms with Gasteiger partial charge in [-0.2, -0.15) is 0 Å². The van der Waals surface area contributed by atoms with Crippen LogP contribution < -0.4 is 10.2 Å². The second-order valence-electron chi connectivity index (χ2n) is 7.78. The first-order valence-corrected chi connectivity index (χ1v) is 9.55. The van der Waals surface area contributed by atoms with Crippen LogP contribution in [0.1, 0.15) is 47.0 Å². The Bertz CT molecular complexity index is 521. The van der Waals surface area contributed by atoms with E-state index in [-0.39, 0.29) is 24.0 Å². The zero-order valence-corrected chi connectivity index (χ0v) is 19.1. The van der Waals surface area contributed by atoms with E-state index in [1.54, 1.807) is 12.4 Å². The number of guanidine groups is 1. The molecule has 7 heteroatoms. The van der Waals surface area contributed by atoms with Crippen LogP contribution in [0.5, 0.6) is 0 Å². The first kappa shape index (κ1) is 22.9. The summed E-state index contributed by atoms with van der Waals surface area (Å²) in [5.41, 5.74) is 0.421. The average Bonchev–Trinajstić information content (AvgIpc) is 2.60. The summed E-state index contributed by atoms with van der Waals surface area (Å²) in [6.45, 7) is 14.6. The van der Waals surface area contributed by atoms with Gasteiger partial charge in [0, 0.05) is 51.7 Å². The Labute approximate surface area is 175 Å². The van der Waals surface area contributed by atoms with Crippen molar-refractivity contribution in [3.05, 3.63) is 18.5 Å². The molecule has 1 aliphatic rings. The van der Waals surface area contributed by atoms with E-state index in [1.807, 2.05) is 6.07 Å². The number of hydrogen-bond donors (Lipinski definition) is 1. The van der Waals surface area contributed by atoms with Crippen molar-refractivity contribution in [2.75, 3.05) is 44.2 Å². The van der Waals surface area contributed by atoms with Crippen molar-refractivity contribution in [2.45, 2.75) is 47.0 Å². The number of aromatic nitrogens is 2. The maximum atomic E-state index is 4.84. The molecule has 0 radical (unpaired) electrons. The number of nitrogens with one attached hydrogen (secondary N) is 1. The fourth-order valence-electron chi connectivity index (χ4n) is 2.95. The van der Waals surface area contributed by atoms with Gasteiger partial charge in [0.1, 0.15) is 0 Å². The van der Waals surface area contributed by atoms with Crippen LogP contribution in [0.4, 0.5) is 5.95 Å². The Morgan fingerprint density at radius 2 is 1.77 bits per heavy atom. The van der Waals surface area contributed by atoms with Crippen LogP contribution in [0.3, 0.4) is 0 Å². The highest BCUT2D eigenvalue weighted by atomic mass is 127. The molecule has 0 saturated carbocycles. The van der Waals surface area contributed by atoms with Gasteiger partial charge in [-0.15, -0.1) is 24.0 Å². The summed E-state index contributed by atoms with van der Waals surface area (Å²) >= 11 is 0. The fraction of sp³-hybridized carbons (Fsp3) is 0.737. The molecule has 0 spiro atoms. The number of piperazine rings is 1. The average molecular weight is 474 g/mol. The molecule has 148 valence electrons. The molecule has 1 aromatic rings. The number of nitrogens with zero attached hydrogens (tertiary/aromatic N) is 5. The molecule has 6 nitrogen and oxygen atoms in total. The molecule has 2 heterocycles. The van der Waals surface area contributed by atoms with Crippen molar-refractivity contribution in [1.82, 2.24) is 20.2 Å². The lowest BCUT2D eigenvalue weighted by Gasteiger charge is -2.36. The lowest BCUT2D eigenvalue weighted by molar-refractivity contribution is 0.359. The van der Waals surface area contributed by atoms with E-state index in [9.17, 15) is 0 Å². The third kappa shape index (κ3) is 8.05. The standard InChI is InChI=1S/C19H34N6.HI/c1-5-20-17(21-10-7-6-9-19(2,3)4)24-13-15-25(16-14-24)18-22-11-8-12-23-18;/h8,11-12H,5-7,9-10,13-16H2,1-4H3,(H,20,21);1H. The van der Waals surface area contributed by atoms with Gasteiger partial charge in [0.2, 0.25) is 5.95 Å². The van der Waals surface area contributed by atoms with E-state index < -0.39 is 0 Å². The van der Waals surface area contributed by atoms with Crippen molar-refractivity contribution in [3.8, 4) is 0 Å². The van der Waals surface area contributed by atoms with Crippen LogP contribution in [-0.2, 0) is 0 Å². The van der Waals surface area contributed by atoms with Gasteiger partial charge in [0.25, 0.3) is 0 Å². The van der Waals surface area contributed by atoms with E-state index in [1.165, 1.54) is 12.8 Å². The van der Waals surface area contributed by atoms with Gasteiger partial charge in [0.05, 0.1) is 0 Å². The van der Waals surface area contributed by atoms with Crippen molar-refractivity contribution in [3.63, 3.8) is 0 Å². The molecule has 26 heavy (non-hydrogen) atoms. The Morgan fingerprint density at radius 3 is 2.35 bits per heavy atom. The van der Waals surface area contributed by atoms with Crippen LogP contribution in [0, 0.1) is 5.41 Å². The van der Waals surface area contributed by atoms with Crippen LogP contribution in [-0.4, -0.2) is 60.1 Å². The molecule has 0 aliphatic carbocycles. The zero-order valence-electron chi connectivity index (χ0n) is 16.7. The molecular weight excluding hydrogens is 439 g/mol. The summed E-state index contributed by atoms with van der Waals surface area (Å²) in [7, 11) is 0. The minimum Gasteiger partial charge on any atom is -0.357 e. The lowest BCUT2D eigenvalue weighted by atomic mass is 9.90. The summed E-state index contributed by atoms with van der Waals surface area (Å²) < 4.78 is 0. The molecule has 0 bridgehead atoms. The second kappa shape index (κ2) is 11.6. The third-order valence-corrected chi connectivity index (χ3v) is 4.35. The van der Waals surface area contributed by atoms with Crippen molar-refractivity contribution in [1.29, 1.82) is 0 Å². The monoisotopic (exact) mass is 474 g/mol. The number of hydrogen-bond acceptors (Lipinski definition) is 4. The quantitative estimate of drug-likeness (QED) is 0.297. The van der Waals surface area contributed by atoms with E-state index in [4.69, 9.17) is 4.99 Å². The van der Waals surface area contributed by atoms with Gasteiger partial charge in [-0.05, 0) is 31.2 Å². The van der Waals surface area contributed by atoms with Gasteiger partial charge in [-0.3, -0.25) is 4.99 Å². The minimum absolute atomic E-state index is 0. The van der Waals surface area contributed by atoms with E-state index in [0.717, 1.165) is 57.6 Å². The molecule has 0 unspecified atom stereocenters. The Hall–Kier alpha value is -1.12. The largest absolute Gasteiger partial charge is 0.357 e. The number of rotatable bonds is 6. The Morgan fingerprint density at radius 1 is 1.12 bits per heavy atom. The maximum absolute atomic E-state index is 4.84. The molecule has 1 N–H and O–H groups in total. The van der Waals surface area contributed by atoms with Crippen LogP contribution in [0.2, 0.25) is 0 Å². The van der Waals surface area contributed by atoms with Crippen LogP contribution in [0.15, 0.2) is 23.5 Å². The molecule has 1 saturated heterocycles. The molecule has 2 rings (SSSR count). The second-order valence-corrected chi connectivity index (χ2v) is 7.78. The summed E-state index contributed by atoms with van der Waals surface area (Å²) in [5.74, 6) is 1.87. The van der Waals surface area contributed by atoms with Crippen molar-refractivity contribution >= 4 is 35.9 Å². The molecule has 0 amide bonds. The predicted octanol–water partition coefficient (Wildman–Crippen LogP) is 3.40. The predicted molar refractivity (Wildman–Crippen MR) is 121 cm³/mol. The maximum Gasteiger partial charge on any atom is 0.225 e. The zero-order chi connectivity index (χ0) is 18.1. The third-order valence-electron chi connectivity index (χ3n) is 4.35. The topological polar surface area (TPSA) is 56.7 Å². The summed E-state index contributed by atoms with van der Waals surface area (Å²) in [6.07, 6.45) is 7.26. The molecule has 1 aromatic heterocycles. The first-order valence-electron chi connectivity index (χ1n) is 9.55. The van der Waals surface area contributed by atoms with E-state index in [0.29, 0.717) is 5.41 Å². The van der Waals surface area contributed by atoms with Gasteiger partial charge in [-0.1, -0.05) is 27.2 Å². The van der Waals surface area contributed by atoms with Gasteiger partial charge in [0.15, 0.2) is 5.96 Å². The SMILES string of the molecule is CCNC(=NCCCCC(C)(C)C)N1CCN(c2ncccn2)CC1.I. The fourth-order valence-corrected chi connectivity index (χ4v) is 2.95. The van der Waals surface area contributed by atoms with Gasteiger partial charge in [-0.25, -0.2) is 9.97 Å². The highest BCUT2D eigenvalue weighted by Gasteiger charge is 2.20. The van der Waals surface area contributed by atoms with Crippen molar-refractivity contribution in [2.24, 2.45) is 10.4 Å². The molecular formula is C19H35IN6. The molecule has 0 atom stereocenters. The van der Waals surface area contributed by atoms with Gasteiger partial charge >= 0.3 is 0 Å². The number of aliphatic imine (C=N–C) groups is 1. The Kier molecular flexibility index (Phi) is 10.2. The number of unbranched alkanes of at least 4 members (excludes halogenated alkanes) is 1.